The Labute approximate surface area is 178 Å². The zero-order valence-corrected chi connectivity index (χ0v) is 17.9. The van der Waals surface area contributed by atoms with Crippen molar-refractivity contribution in [1.29, 1.82) is 0 Å². The molecule has 2 aromatic heterocycles. The van der Waals surface area contributed by atoms with Gasteiger partial charge >= 0.3 is 5.97 Å². The molecule has 1 aliphatic carbocycles. The van der Waals surface area contributed by atoms with Crippen LogP contribution in [-0.4, -0.2) is 48.7 Å². The van der Waals surface area contributed by atoms with Gasteiger partial charge in [0.05, 0.1) is 23.9 Å². The first-order valence-corrected chi connectivity index (χ1v) is 11.1. The van der Waals surface area contributed by atoms with Crippen LogP contribution in [0, 0.1) is 6.92 Å². The van der Waals surface area contributed by atoms with E-state index in [-0.39, 0.29) is 22.9 Å². The van der Waals surface area contributed by atoms with Gasteiger partial charge in [0.15, 0.2) is 5.16 Å². The number of aromatic nitrogens is 5. The van der Waals surface area contributed by atoms with Crippen LogP contribution in [0.25, 0.3) is 16.6 Å². The van der Waals surface area contributed by atoms with Crippen LogP contribution in [0.1, 0.15) is 49.8 Å². The van der Waals surface area contributed by atoms with Gasteiger partial charge in [0, 0.05) is 6.04 Å². The number of imidazole rings is 1. The lowest BCUT2D eigenvalue weighted by Crippen LogP contribution is -2.15. The molecular formula is C21H25N5O3S. The maximum atomic E-state index is 12.4. The Morgan fingerprint density at radius 1 is 1.27 bits per heavy atom. The number of H-pyrrole nitrogens is 1. The average molecular weight is 428 g/mol. The van der Waals surface area contributed by atoms with E-state index < -0.39 is 5.97 Å². The molecule has 0 spiro atoms. The third kappa shape index (κ3) is 4.07. The van der Waals surface area contributed by atoms with Gasteiger partial charge in [-0.05, 0) is 31.9 Å². The highest BCUT2D eigenvalue weighted by molar-refractivity contribution is 7.99. The summed E-state index contributed by atoms with van der Waals surface area (Å²) in [5, 5.41) is 20.1. The summed E-state index contributed by atoms with van der Waals surface area (Å²) in [5.41, 5.74) is 1.52. The van der Waals surface area contributed by atoms with Crippen LogP contribution in [0.4, 0.5) is 0 Å². The molecule has 2 heterocycles. The van der Waals surface area contributed by atoms with E-state index in [1.54, 1.807) is 0 Å². The predicted octanol–water partition coefficient (Wildman–Crippen LogP) is 4.20. The van der Waals surface area contributed by atoms with E-state index in [0.717, 1.165) is 29.3 Å². The molecule has 30 heavy (non-hydrogen) atoms. The van der Waals surface area contributed by atoms with Crippen molar-refractivity contribution in [2.24, 2.45) is 0 Å². The minimum atomic E-state index is -0.642. The molecule has 1 aromatic carbocycles. The van der Waals surface area contributed by atoms with Crippen molar-refractivity contribution in [2.45, 2.75) is 50.2 Å². The van der Waals surface area contributed by atoms with Crippen molar-refractivity contribution >= 4 is 34.3 Å². The lowest BCUT2D eigenvalue weighted by atomic mass is 9.95. The summed E-state index contributed by atoms with van der Waals surface area (Å²) >= 11 is 1.36. The molecule has 0 atom stereocenters. The summed E-state index contributed by atoms with van der Waals surface area (Å²) in [5.74, 6) is 0.565. The molecule has 0 aliphatic heterocycles. The van der Waals surface area contributed by atoms with Gasteiger partial charge in [0.25, 0.3) is 0 Å². The molecule has 0 saturated heterocycles. The minimum absolute atomic E-state index is 0.0293. The topological polar surface area (TPSA) is 106 Å². The van der Waals surface area contributed by atoms with E-state index in [9.17, 15) is 9.90 Å². The number of rotatable bonds is 6. The Kier molecular flexibility index (Phi) is 6.08. The number of carbonyl (C=O) groups is 1. The van der Waals surface area contributed by atoms with Crippen molar-refractivity contribution < 1.29 is 14.6 Å². The van der Waals surface area contributed by atoms with Crippen LogP contribution < -0.4 is 0 Å². The second-order valence-corrected chi connectivity index (χ2v) is 8.34. The third-order valence-electron chi connectivity index (χ3n) is 5.42. The monoisotopic (exact) mass is 427 g/mol. The average Bonchev–Trinajstić information content (AvgIpc) is 3.35. The molecule has 1 saturated carbocycles. The lowest BCUT2D eigenvalue weighted by Gasteiger charge is -2.25. The molecule has 158 valence electrons. The second-order valence-electron chi connectivity index (χ2n) is 7.40. The van der Waals surface area contributed by atoms with E-state index in [1.165, 1.54) is 38.1 Å². The fourth-order valence-corrected chi connectivity index (χ4v) is 4.87. The molecule has 0 unspecified atom stereocenters. The van der Waals surface area contributed by atoms with Gasteiger partial charge in [0.2, 0.25) is 0 Å². The molecule has 9 heteroatoms. The first-order chi connectivity index (χ1) is 14.6. The lowest BCUT2D eigenvalue weighted by molar-refractivity contribution is -0.133. The van der Waals surface area contributed by atoms with Gasteiger partial charge in [-0.3, -0.25) is 0 Å². The fourth-order valence-electron chi connectivity index (χ4n) is 3.94. The maximum absolute atomic E-state index is 12.4. The Bertz CT molecular complexity index is 1050. The van der Waals surface area contributed by atoms with Gasteiger partial charge in [-0.1, -0.05) is 43.2 Å². The zero-order chi connectivity index (χ0) is 21.1. The smallest absolute Gasteiger partial charge is 0.345 e. The summed E-state index contributed by atoms with van der Waals surface area (Å²) in [4.78, 5) is 19.9. The van der Waals surface area contributed by atoms with Crippen molar-refractivity contribution in [3.05, 3.63) is 41.7 Å². The number of carbonyl (C=O) groups excluding carboxylic acids is 1. The second kappa shape index (κ2) is 8.91. The largest absolute Gasteiger partial charge is 0.510 e. The third-order valence-corrected chi connectivity index (χ3v) is 6.37. The Balaban J connectivity index is 1.61. The highest BCUT2D eigenvalue weighted by Gasteiger charge is 2.25. The number of nitrogens with zero attached hydrogens (tertiary/aromatic N) is 4. The first kappa shape index (κ1) is 20.5. The van der Waals surface area contributed by atoms with Crippen molar-refractivity contribution in [1.82, 2.24) is 24.7 Å². The molecule has 0 radical (unpaired) electrons. The molecule has 0 bridgehead atoms. The number of nitrogens with one attached hydrogen (secondary N) is 1. The number of thioether (sulfide) groups is 1. The Morgan fingerprint density at radius 3 is 2.77 bits per heavy atom. The summed E-state index contributed by atoms with van der Waals surface area (Å²) in [6.07, 6.45) is 5.90. The Hall–Kier alpha value is -2.81. The predicted molar refractivity (Wildman–Crippen MR) is 115 cm³/mol. The van der Waals surface area contributed by atoms with Crippen LogP contribution in [0.15, 0.2) is 35.2 Å². The molecule has 1 fully saturated rings. The number of para-hydroxylation sites is 2. The van der Waals surface area contributed by atoms with Crippen LogP contribution >= 0.6 is 11.8 Å². The molecule has 1 aliphatic rings. The fraction of sp³-hybridized carbons (Fsp3) is 0.429. The van der Waals surface area contributed by atoms with Gasteiger partial charge in [0.1, 0.15) is 23.0 Å². The number of esters is 1. The normalized spacial score (nSPS) is 15.9. The van der Waals surface area contributed by atoms with Gasteiger partial charge in [-0.25, -0.2) is 9.78 Å². The highest BCUT2D eigenvalue weighted by atomic mass is 32.2. The number of methoxy groups -OCH3 is 1. The van der Waals surface area contributed by atoms with E-state index in [4.69, 9.17) is 4.74 Å². The number of aromatic amines is 1. The molecule has 8 nitrogen and oxygen atoms in total. The van der Waals surface area contributed by atoms with Gasteiger partial charge in [-0.2, -0.15) is 0 Å². The van der Waals surface area contributed by atoms with Crippen LogP contribution in [0.2, 0.25) is 0 Å². The van der Waals surface area contributed by atoms with Crippen LogP contribution in [-0.2, 0) is 9.53 Å². The number of aliphatic hydroxyl groups excluding tert-OH is 1. The standard InChI is InChI=1S/C21H25N5O3S/c1-13-24-25-21(26(13)14-8-4-3-5-9-14)30-12-17(27)18(20(28)29-2)19-22-15-10-6-7-11-16(15)23-19/h6-7,10-11,14,27H,3-5,8-9,12H2,1-2H3,(H,22,23)/b18-17+. The van der Waals surface area contributed by atoms with E-state index >= 15 is 0 Å². The molecule has 4 rings (SSSR count). The first-order valence-electron chi connectivity index (χ1n) is 10.1. The van der Waals surface area contributed by atoms with Gasteiger partial charge in [-0.15, -0.1) is 10.2 Å². The number of aryl methyl sites for hydroxylation is 1. The number of benzene rings is 1. The van der Waals surface area contributed by atoms with Crippen molar-refractivity contribution in [2.75, 3.05) is 12.9 Å². The summed E-state index contributed by atoms with van der Waals surface area (Å²) < 4.78 is 7.06. The number of ether oxygens (including phenoxy) is 1. The number of hydrogen-bond acceptors (Lipinski definition) is 7. The molecule has 0 amide bonds. The van der Waals surface area contributed by atoms with Crippen LogP contribution in [0.5, 0.6) is 0 Å². The summed E-state index contributed by atoms with van der Waals surface area (Å²) in [7, 11) is 1.29. The van der Waals surface area contributed by atoms with E-state index in [0.29, 0.717) is 11.6 Å². The van der Waals surface area contributed by atoms with Gasteiger partial charge < -0.3 is 19.4 Å². The van der Waals surface area contributed by atoms with E-state index in [1.807, 2.05) is 31.2 Å². The SMILES string of the molecule is COC(=O)/C(=C(/O)CSc1nnc(C)n1C1CCCCC1)c1nc2ccccc2[nH]1. The van der Waals surface area contributed by atoms with Crippen molar-refractivity contribution in [3.63, 3.8) is 0 Å². The number of hydrogen-bond donors (Lipinski definition) is 2. The zero-order valence-electron chi connectivity index (χ0n) is 17.1. The number of fused-ring (bicyclic) bond motifs is 1. The molecule has 2 N–H and O–H groups in total. The minimum Gasteiger partial charge on any atom is -0.510 e. The Morgan fingerprint density at radius 2 is 2.03 bits per heavy atom. The summed E-state index contributed by atoms with van der Waals surface area (Å²) in [6, 6.07) is 7.83. The highest BCUT2D eigenvalue weighted by Crippen LogP contribution is 2.33. The van der Waals surface area contributed by atoms with Crippen LogP contribution in [0.3, 0.4) is 0 Å². The number of aliphatic hydroxyl groups is 1. The summed E-state index contributed by atoms with van der Waals surface area (Å²) in [6.45, 7) is 1.95. The maximum Gasteiger partial charge on any atom is 0.345 e. The van der Waals surface area contributed by atoms with Crippen molar-refractivity contribution in [3.8, 4) is 0 Å². The quantitative estimate of drug-likeness (QED) is 0.263. The molecular weight excluding hydrogens is 402 g/mol. The van der Waals surface area contributed by atoms with E-state index in [2.05, 4.69) is 24.7 Å². The molecule has 3 aromatic rings.